The highest BCUT2D eigenvalue weighted by Gasteiger charge is 2.18. The van der Waals surface area contributed by atoms with Gasteiger partial charge >= 0.3 is 0 Å². The summed E-state index contributed by atoms with van der Waals surface area (Å²) in [6.07, 6.45) is 2.48. The summed E-state index contributed by atoms with van der Waals surface area (Å²) in [5.74, 6) is 0. The predicted molar refractivity (Wildman–Crippen MR) is 70.8 cm³/mol. The SMILES string of the molecule is Cc1ccc(N2CCCc3ccccc32)s1. The van der Waals surface area contributed by atoms with Crippen LogP contribution >= 0.6 is 11.3 Å². The molecule has 1 aliphatic heterocycles. The average Bonchev–Trinajstić information content (AvgIpc) is 2.75. The van der Waals surface area contributed by atoms with Crippen LogP contribution < -0.4 is 4.90 Å². The standard InChI is InChI=1S/C14H15NS/c1-11-8-9-14(16-11)15-10-4-6-12-5-2-3-7-13(12)15/h2-3,5,7-9H,4,6,10H2,1H3. The second kappa shape index (κ2) is 3.95. The lowest BCUT2D eigenvalue weighted by Gasteiger charge is -2.30. The lowest BCUT2D eigenvalue weighted by molar-refractivity contribution is 0.770. The molecule has 3 rings (SSSR count). The molecular weight excluding hydrogens is 214 g/mol. The maximum Gasteiger partial charge on any atom is 0.0955 e. The molecule has 2 heteroatoms. The van der Waals surface area contributed by atoms with Crippen LogP contribution in [-0.4, -0.2) is 6.54 Å². The number of nitrogens with zero attached hydrogens (tertiary/aromatic N) is 1. The topological polar surface area (TPSA) is 3.24 Å². The molecule has 0 radical (unpaired) electrons. The van der Waals surface area contributed by atoms with Crippen molar-refractivity contribution in [3.05, 3.63) is 46.8 Å². The van der Waals surface area contributed by atoms with Crippen LogP contribution in [-0.2, 0) is 6.42 Å². The Morgan fingerprint density at radius 1 is 1.12 bits per heavy atom. The molecule has 1 nitrogen and oxygen atoms in total. The van der Waals surface area contributed by atoms with Crippen LogP contribution in [0, 0.1) is 6.92 Å². The zero-order valence-electron chi connectivity index (χ0n) is 9.44. The third kappa shape index (κ3) is 1.63. The molecule has 2 heterocycles. The lowest BCUT2D eigenvalue weighted by atomic mass is 10.0. The third-order valence-electron chi connectivity index (χ3n) is 3.10. The number of rotatable bonds is 1. The van der Waals surface area contributed by atoms with Gasteiger partial charge in [0.05, 0.1) is 5.00 Å². The monoisotopic (exact) mass is 229 g/mol. The number of fused-ring (bicyclic) bond motifs is 1. The third-order valence-corrected chi connectivity index (χ3v) is 4.13. The highest BCUT2D eigenvalue weighted by atomic mass is 32.1. The van der Waals surface area contributed by atoms with Gasteiger partial charge in [-0.15, -0.1) is 11.3 Å². The van der Waals surface area contributed by atoms with E-state index in [-0.39, 0.29) is 0 Å². The van der Waals surface area contributed by atoms with Gasteiger partial charge in [-0.05, 0) is 43.5 Å². The summed E-state index contributed by atoms with van der Waals surface area (Å²) in [5.41, 5.74) is 2.88. The Hall–Kier alpha value is -1.28. The Kier molecular flexibility index (Phi) is 2.44. The van der Waals surface area contributed by atoms with E-state index in [0.717, 1.165) is 6.54 Å². The zero-order chi connectivity index (χ0) is 11.0. The first-order chi connectivity index (χ1) is 7.84. The highest BCUT2D eigenvalue weighted by molar-refractivity contribution is 7.16. The molecule has 0 fully saturated rings. The largest absolute Gasteiger partial charge is 0.333 e. The van der Waals surface area contributed by atoms with E-state index in [9.17, 15) is 0 Å². The summed E-state index contributed by atoms with van der Waals surface area (Å²) in [7, 11) is 0. The number of hydrogen-bond acceptors (Lipinski definition) is 2. The van der Waals surface area contributed by atoms with Crippen LogP contribution in [0.4, 0.5) is 10.7 Å². The fourth-order valence-corrected chi connectivity index (χ4v) is 3.23. The molecule has 0 aliphatic carbocycles. The van der Waals surface area contributed by atoms with Crippen LogP contribution in [0.2, 0.25) is 0 Å². The molecule has 0 amide bonds. The van der Waals surface area contributed by atoms with Crippen LogP contribution in [0.25, 0.3) is 0 Å². The van der Waals surface area contributed by atoms with Gasteiger partial charge in [-0.2, -0.15) is 0 Å². The van der Waals surface area contributed by atoms with Crippen molar-refractivity contribution >= 4 is 22.0 Å². The maximum absolute atomic E-state index is 2.45. The minimum Gasteiger partial charge on any atom is -0.333 e. The van der Waals surface area contributed by atoms with E-state index >= 15 is 0 Å². The first-order valence-electron chi connectivity index (χ1n) is 5.76. The van der Waals surface area contributed by atoms with Gasteiger partial charge < -0.3 is 4.90 Å². The molecule has 1 aliphatic rings. The molecule has 0 N–H and O–H groups in total. The first kappa shape index (κ1) is 9.91. The van der Waals surface area contributed by atoms with E-state index in [0.29, 0.717) is 0 Å². The molecule has 16 heavy (non-hydrogen) atoms. The predicted octanol–water partition coefficient (Wildman–Crippen LogP) is 4.14. The van der Waals surface area contributed by atoms with Crippen molar-refractivity contribution in [3.8, 4) is 0 Å². The number of benzene rings is 1. The molecule has 1 aromatic carbocycles. The van der Waals surface area contributed by atoms with Crippen LogP contribution in [0.1, 0.15) is 16.9 Å². The van der Waals surface area contributed by atoms with Crippen LogP contribution in [0.15, 0.2) is 36.4 Å². The van der Waals surface area contributed by atoms with Gasteiger partial charge in [0.2, 0.25) is 0 Å². The molecule has 82 valence electrons. The van der Waals surface area contributed by atoms with Gasteiger partial charge in [0.1, 0.15) is 0 Å². The first-order valence-corrected chi connectivity index (χ1v) is 6.58. The van der Waals surface area contributed by atoms with Crippen molar-refractivity contribution in [1.29, 1.82) is 0 Å². The maximum atomic E-state index is 2.45. The fourth-order valence-electron chi connectivity index (χ4n) is 2.33. The van der Waals surface area contributed by atoms with Crippen molar-refractivity contribution in [1.82, 2.24) is 0 Å². The summed E-state index contributed by atoms with van der Waals surface area (Å²) >= 11 is 1.88. The van der Waals surface area contributed by atoms with E-state index in [1.807, 2.05) is 11.3 Å². The number of thiophene rings is 1. The van der Waals surface area contributed by atoms with Crippen molar-refractivity contribution < 1.29 is 0 Å². The normalized spacial score (nSPS) is 14.9. The van der Waals surface area contributed by atoms with Crippen molar-refractivity contribution in [2.75, 3.05) is 11.4 Å². The minimum atomic E-state index is 1.15. The van der Waals surface area contributed by atoms with Crippen molar-refractivity contribution in [2.45, 2.75) is 19.8 Å². The number of anilines is 2. The van der Waals surface area contributed by atoms with Gasteiger partial charge in [-0.1, -0.05) is 18.2 Å². The Labute approximate surface area is 100 Å². The van der Waals surface area contributed by atoms with Gasteiger partial charge in [0.25, 0.3) is 0 Å². The highest BCUT2D eigenvalue weighted by Crippen LogP contribution is 2.36. The molecule has 0 saturated carbocycles. The zero-order valence-corrected chi connectivity index (χ0v) is 10.3. The molecule has 0 bridgehead atoms. The summed E-state index contributed by atoms with van der Waals surface area (Å²) in [5, 5.41) is 1.38. The van der Waals surface area contributed by atoms with Gasteiger partial charge in [0, 0.05) is 17.1 Å². The lowest BCUT2D eigenvalue weighted by Crippen LogP contribution is -2.23. The Morgan fingerprint density at radius 3 is 2.81 bits per heavy atom. The number of aryl methyl sites for hydroxylation is 2. The van der Waals surface area contributed by atoms with Crippen molar-refractivity contribution in [3.63, 3.8) is 0 Å². The van der Waals surface area contributed by atoms with E-state index < -0.39 is 0 Å². The van der Waals surface area contributed by atoms with E-state index in [1.165, 1.54) is 34.0 Å². The summed E-state index contributed by atoms with van der Waals surface area (Å²) < 4.78 is 0. The van der Waals surface area contributed by atoms with Gasteiger partial charge in [-0.3, -0.25) is 0 Å². The second-order valence-corrected chi connectivity index (χ2v) is 5.53. The number of hydrogen-bond donors (Lipinski definition) is 0. The Bertz CT molecular complexity index is 501. The molecule has 0 unspecified atom stereocenters. The molecule has 0 spiro atoms. The smallest absolute Gasteiger partial charge is 0.0955 e. The van der Waals surface area contributed by atoms with Crippen LogP contribution in [0.5, 0.6) is 0 Å². The molecular formula is C14H15NS. The van der Waals surface area contributed by atoms with Gasteiger partial charge in [-0.25, -0.2) is 0 Å². The second-order valence-electron chi connectivity index (χ2n) is 4.27. The summed E-state index contributed by atoms with van der Waals surface area (Å²) in [4.78, 5) is 3.84. The van der Waals surface area contributed by atoms with Crippen molar-refractivity contribution in [2.24, 2.45) is 0 Å². The summed E-state index contributed by atoms with van der Waals surface area (Å²) in [6, 6.07) is 13.2. The number of para-hydroxylation sites is 1. The fraction of sp³-hybridized carbons (Fsp3) is 0.286. The summed E-state index contributed by atoms with van der Waals surface area (Å²) in [6.45, 7) is 3.32. The van der Waals surface area contributed by atoms with Crippen LogP contribution in [0.3, 0.4) is 0 Å². The molecule has 2 aromatic rings. The van der Waals surface area contributed by atoms with Gasteiger partial charge in [0.15, 0.2) is 0 Å². The van der Waals surface area contributed by atoms with E-state index in [4.69, 9.17) is 0 Å². The molecule has 0 atom stereocenters. The quantitative estimate of drug-likeness (QED) is 0.710. The molecule has 1 aromatic heterocycles. The Morgan fingerprint density at radius 2 is 2.00 bits per heavy atom. The molecule has 0 saturated heterocycles. The Balaban J connectivity index is 2.04. The van der Waals surface area contributed by atoms with E-state index in [1.54, 1.807) is 0 Å². The average molecular weight is 229 g/mol. The minimum absolute atomic E-state index is 1.15. The van der Waals surface area contributed by atoms with E-state index in [2.05, 4.69) is 48.2 Å².